The molecular weight excluding hydrogens is 189 g/mol. The summed E-state index contributed by atoms with van der Waals surface area (Å²) in [6, 6.07) is -0.813. The SMILES string of the molecule is CONC(C)C(=O)NCC(F)(F)F. The molecule has 0 radical (unpaired) electrons. The summed E-state index contributed by atoms with van der Waals surface area (Å²) in [5.41, 5.74) is 2.20. The molecule has 1 amide bonds. The number of hydrogen-bond donors (Lipinski definition) is 2. The van der Waals surface area contributed by atoms with Gasteiger partial charge in [0.2, 0.25) is 5.91 Å². The molecule has 0 bridgehead atoms. The maximum absolute atomic E-state index is 11.6. The van der Waals surface area contributed by atoms with E-state index in [-0.39, 0.29) is 0 Å². The molecule has 0 rings (SSSR count). The molecule has 0 fully saturated rings. The fourth-order valence-corrected chi connectivity index (χ4v) is 0.571. The van der Waals surface area contributed by atoms with Gasteiger partial charge in [-0.25, -0.2) is 0 Å². The summed E-state index contributed by atoms with van der Waals surface area (Å²) in [5.74, 6) is -0.765. The second-order valence-electron chi connectivity index (χ2n) is 2.38. The maximum atomic E-state index is 11.6. The first-order chi connectivity index (χ1) is 5.87. The fourth-order valence-electron chi connectivity index (χ4n) is 0.571. The topological polar surface area (TPSA) is 50.4 Å². The van der Waals surface area contributed by atoms with E-state index in [0.29, 0.717) is 0 Å². The second kappa shape index (κ2) is 5.03. The molecule has 4 nitrogen and oxygen atoms in total. The third-order valence-corrected chi connectivity index (χ3v) is 1.15. The third kappa shape index (κ3) is 6.35. The lowest BCUT2D eigenvalue weighted by molar-refractivity contribution is -0.141. The lowest BCUT2D eigenvalue weighted by Crippen LogP contribution is -2.44. The Morgan fingerprint density at radius 3 is 2.46 bits per heavy atom. The number of halogens is 3. The van der Waals surface area contributed by atoms with Crippen LogP contribution in [0, 0.1) is 0 Å². The number of hydrogen-bond acceptors (Lipinski definition) is 3. The predicted octanol–water partition coefficient (Wildman–Crippen LogP) is 0.204. The van der Waals surface area contributed by atoms with E-state index in [1.807, 2.05) is 0 Å². The Morgan fingerprint density at radius 1 is 1.54 bits per heavy atom. The highest BCUT2D eigenvalue weighted by atomic mass is 19.4. The highest BCUT2D eigenvalue weighted by Gasteiger charge is 2.28. The van der Waals surface area contributed by atoms with Crippen molar-refractivity contribution in [3.05, 3.63) is 0 Å². The molecule has 78 valence electrons. The minimum absolute atomic E-state index is 0.765. The molecule has 0 aromatic heterocycles. The summed E-state index contributed by atoms with van der Waals surface area (Å²) in [6.45, 7) is 0.0524. The number of rotatable bonds is 4. The standard InChI is InChI=1S/C6H11F3N2O2/c1-4(11-13-2)5(12)10-3-6(7,8)9/h4,11H,3H2,1-2H3,(H,10,12). The number of hydroxylamine groups is 1. The summed E-state index contributed by atoms with van der Waals surface area (Å²) in [5, 5.41) is 1.70. The molecule has 0 aliphatic carbocycles. The molecule has 13 heavy (non-hydrogen) atoms. The average Bonchev–Trinajstić information content (AvgIpc) is 1.99. The summed E-state index contributed by atoms with van der Waals surface area (Å²) in [4.78, 5) is 15.2. The van der Waals surface area contributed by atoms with Crippen LogP contribution in [0.3, 0.4) is 0 Å². The number of amides is 1. The lowest BCUT2D eigenvalue weighted by atomic mass is 10.3. The second-order valence-corrected chi connectivity index (χ2v) is 2.38. The van der Waals surface area contributed by atoms with E-state index in [0.717, 1.165) is 0 Å². The Hall–Kier alpha value is -0.820. The van der Waals surface area contributed by atoms with Crippen LogP contribution in [-0.2, 0) is 9.63 Å². The van der Waals surface area contributed by atoms with Gasteiger partial charge in [-0.15, -0.1) is 0 Å². The van der Waals surface area contributed by atoms with Crippen molar-refractivity contribution in [2.24, 2.45) is 0 Å². The number of alkyl halides is 3. The van der Waals surface area contributed by atoms with Gasteiger partial charge in [0, 0.05) is 0 Å². The van der Waals surface area contributed by atoms with Gasteiger partial charge < -0.3 is 10.2 Å². The number of carbonyl (C=O) groups excluding carboxylic acids is 1. The zero-order valence-corrected chi connectivity index (χ0v) is 7.23. The van der Waals surface area contributed by atoms with Gasteiger partial charge in [-0.1, -0.05) is 0 Å². The Bertz CT molecular complexity index is 172. The zero-order chi connectivity index (χ0) is 10.5. The zero-order valence-electron chi connectivity index (χ0n) is 7.23. The third-order valence-electron chi connectivity index (χ3n) is 1.15. The summed E-state index contributed by atoms with van der Waals surface area (Å²) in [6.07, 6.45) is -4.39. The normalized spacial score (nSPS) is 13.9. The molecule has 0 aliphatic heterocycles. The molecule has 1 atom stereocenters. The summed E-state index contributed by atoms with van der Waals surface area (Å²) >= 11 is 0. The number of nitrogens with one attached hydrogen (secondary N) is 2. The molecule has 2 N–H and O–H groups in total. The van der Waals surface area contributed by atoms with Crippen molar-refractivity contribution >= 4 is 5.91 Å². The van der Waals surface area contributed by atoms with Gasteiger partial charge in [-0.3, -0.25) is 4.79 Å². The molecule has 0 saturated carbocycles. The van der Waals surface area contributed by atoms with Gasteiger partial charge in [0.15, 0.2) is 0 Å². The van der Waals surface area contributed by atoms with Crippen LogP contribution < -0.4 is 10.8 Å². The monoisotopic (exact) mass is 200 g/mol. The van der Waals surface area contributed by atoms with E-state index in [1.54, 1.807) is 5.32 Å². The van der Waals surface area contributed by atoms with Crippen LogP contribution in [0.1, 0.15) is 6.92 Å². The van der Waals surface area contributed by atoms with Gasteiger partial charge in [-0.2, -0.15) is 18.7 Å². The average molecular weight is 200 g/mol. The predicted molar refractivity (Wildman–Crippen MR) is 38.7 cm³/mol. The van der Waals surface area contributed by atoms with E-state index in [4.69, 9.17) is 0 Å². The Kier molecular flexibility index (Phi) is 4.71. The first-order valence-corrected chi connectivity index (χ1v) is 3.50. The van der Waals surface area contributed by atoms with Crippen molar-refractivity contribution in [2.45, 2.75) is 19.1 Å². The number of carbonyl (C=O) groups is 1. The Labute approximate surface area is 73.4 Å². The van der Waals surface area contributed by atoms with E-state index in [1.165, 1.54) is 14.0 Å². The van der Waals surface area contributed by atoms with Gasteiger partial charge in [0.05, 0.1) is 7.11 Å². The van der Waals surface area contributed by atoms with Gasteiger partial charge >= 0.3 is 6.18 Å². The molecule has 0 saturated heterocycles. The van der Waals surface area contributed by atoms with Crippen LogP contribution in [-0.4, -0.2) is 31.8 Å². The van der Waals surface area contributed by atoms with Crippen LogP contribution in [0.2, 0.25) is 0 Å². The highest BCUT2D eigenvalue weighted by molar-refractivity contribution is 5.81. The van der Waals surface area contributed by atoms with Crippen molar-refractivity contribution in [2.75, 3.05) is 13.7 Å². The van der Waals surface area contributed by atoms with Gasteiger partial charge in [0.25, 0.3) is 0 Å². The molecule has 1 unspecified atom stereocenters. The highest BCUT2D eigenvalue weighted by Crippen LogP contribution is 2.12. The van der Waals surface area contributed by atoms with Crippen LogP contribution in [0.15, 0.2) is 0 Å². The largest absolute Gasteiger partial charge is 0.405 e. The molecule has 7 heteroatoms. The fraction of sp³-hybridized carbons (Fsp3) is 0.833. The van der Waals surface area contributed by atoms with Gasteiger partial charge in [0.1, 0.15) is 12.6 Å². The smallest absolute Gasteiger partial charge is 0.346 e. The molecule has 0 heterocycles. The van der Waals surface area contributed by atoms with E-state index >= 15 is 0 Å². The minimum Gasteiger partial charge on any atom is -0.346 e. The molecule has 0 aromatic rings. The van der Waals surface area contributed by atoms with Crippen LogP contribution in [0.5, 0.6) is 0 Å². The van der Waals surface area contributed by atoms with Crippen LogP contribution in [0.25, 0.3) is 0 Å². The van der Waals surface area contributed by atoms with E-state index in [2.05, 4.69) is 10.3 Å². The first-order valence-electron chi connectivity index (χ1n) is 3.50. The first kappa shape index (κ1) is 12.2. The summed E-state index contributed by atoms with van der Waals surface area (Å²) in [7, 11) is 1.27. The van der Waals surface area contributed by atoms with Crippen molar-refractivity contribution in [1.29, 1.82) is 0 Å². The molecule has 0 aliphatic rings. The minimum atomic E-state index is -4.39. The van der Waals surface area contributed by atoms with Crippen LogP contribution >= 0.6 is 0 Å². The molecule has 0 spiro atoms. The lowest BCUT2D eigenvalue weighted by Gasteiger charge is -2.13. The van der Waals surface area contributed by atoms with Crippen molar-refractivity contribution < 1.29 is 22.8 Å². The van der Waals surface area contributed by atoms with Crippen molar-refractivity contribution in [3.63, 3.8) is 0 Å². The van der Waals surface area contributed by atoms with E-state index in [9.17, 15) is 18.0 Å². The molecular formula is C6H11F3N2O2. The Morgan fingerprint density at radius 2 is 2.08 bits per heavy atom. The van der Waals surface area contributed by atoms with E-state index < -0.39 is 24.7 Å². The van der Waals surface area contributed by atoms with Crippen LogP contribution in [0.4, 0.5) is 13.2 Å². The van der Waals surface area contributed by atoms with Crippen molar-refractivity contribution in [1.82, 2.24) is 10.8 Å². The quantitative estimate of drug-likeness (QED) is 0.637. The maximum Gasteiger partial charge on any atom is 0.405 e. The summed E-state index contributed by atoms with van der Waals surface area (Å²) < 4.78 is 34.8. The molecule has 0 aromatic carbocycles. The Balaban J connectivity index is 3.74. The van der Waals surface area contributed by atoms with Crippen molar-refractivity contribution in [3.8, 4) is 0 Å². The van der Waals surface area contributed by atoms with Gasteiger partial charge in [-0.05, 0) is 6.92 Å².